The normalized spacial score (nSPS) is 20.7. The van der Waals surface area contributed by atoms with Crippen molar-refractivity contribution < 1.29 is 4.79 Å². The van der Waals surface area contributed by atoms with E-state index in [1.165, 1.54) is 5.56 Å². The molecule has 3 nitrogen and oxygen atoms in total. The molecule has 1 atom stereocenters. The van der Waals surface area contributed by atoms with Crippen molar-refractivity contribution in [2.45, 2.75) is 44.4 Å². The number of benzene rings is 1. The molecule has 0 fully saturated rings. The summed E-state index contributed by atoms with van der Waals surface area (Å²) in [5, 5.41) is 0. The van der Waals surface area contributed by atoms with E-state index in [2.05, 4.69) is 24.9 Å². The molecule has 22 heavy (non-hydrogen) atoms. The van der Waals surface area contributed by atoms with Crippen LogP contribution in [0.2, 0.25) is 0 Å². The molecule has 2 aromatic rings. The highest BCUT2D eigenvalue weighted by molar-refractivity contribution is 5.91. The Morgan fingerprint density at radius 3 is 2.64 bits per heavy atom. The molecule has 1 aromatic heterocycles. The summed E-state index contributed by atoms with van der Waals surface area (Å²) in [4.78, 5) is 17.0. The van der Waals surface area contributed by atoms with Crippen LogP contribution in [-0.4, -0.2) is 10.9 Å². The van der Waals surface area contributed by atoms with E-state index in [1.807, 2.05) is 36.5 Å². The minimum Gasteiger partial charge on any atom is -0.369 e. The molecule has 3 rings (SSSR count). The van der Waals surface area contributed by atoms with E-state index in [4.69, 9.17) is 5.73 Å². The molecule has 1 amide bonds. The van der Waals surface area contributed by atoms with Gasteiger partial charge in [-0.25, -0.2) is 0 Å². The number of primary amides is 1. The number of aryl methyl sites for hydroxylation is 1. The summed E-state index contributed by atoms with van der Waals surface area (Å²) >= 11 is 0. The molecule has 1 aromatic carbocycles. The van der Waals surface area contributed by atoms with Crippen molar-refractivity contribution in [3.05, 3.63) is 65.0 Å². The monoisotopic (exact) mass is 294 g/mol. The largest absolute Gasteiger partial charge is 0.369 e. The third-order valence-electron chi connectivity index (χ3n) is 4.77. The molecule has 1 aliphatic rings. The topological polar surface area (TPSA) is 56.0 Å². The van der Waals surface area contributed by atoms with Gasteiger partial charge in [-0.2, -0.15) is 0 Å². The van der Waals surface area contributed by atoms with E-state index in [0.717, 1.165) is 36.1 Å². The minimum absolute atomic E-state index is 0.279. The van der Waals surface area contributed by atoms with Crippen LogP contribution in [0.1, 0.15) is 55.0 Å². The summed E-state index contributed by atoms with van der Waals surface area (Å²) < 4.78 is 0. The van der Waals surface area contributed by atoms with Gasteiger partial charge >= 0.3 is 0 Å². The molecule has 0 aliphatic heterocycles. The lowest BCUT2D eigenvalue weighted by molar-refractivity contribution is -0.122. The fourth-order valence-electron chi connectivity index (χ4n) is 3.53. The number of nitrogens with two attached hydrogens (primary N) is 1. The number of carbonyl (C=O) groups is 1. The van der Waals surface area contributed by atoms with E-state index >= 15 is 0 Å². The smallest absolute Gasteiger partial charge is 0.232 e. The van der Waals surface area contributed by atoms with Crippen molar-refractivity contribution in [1.82, 2.24) is 4.98 Å². The van der Waals surface area contributed by atoms with Crippen LogP contribution in [0.4, 0.5) is 0 Å². The number of hydrogen-bond acceptors (Lipinski definition) is 2. The number of aromatic nitrogens is 1. The fourth-order valence-corrected chi connectivity index (χ4v) is 3.53. The zero-order chi connectivity index (χ0) is 15.7. The van der Waals surface area contributed by atoms with Gasteiger partial charge in [0.25, 0.3) is 0 Å². The lowest BCUT2D eigenvalue weighted by Gasteiger charge is -2.37. The average molecular weight is 294 g/mol. The highest BCUT2D eigenvalue weighted by atomic mass is 16.1. The van der Waals surface area contributed by atoms with Crippen LogP contribution in [-0.2, 0) is 16.6 Å². The van der Waals surface area contributed by atoms with Crippen molar-refractivity contribution in [2.24, 2.45) is 5.73 Å². The van der Waals surface area contributed by atoms with Gasteiger partial charge in [0.05, 0.1) is 0 Å². The molecule has 1 unspecified atom stereocenters. The minimum atomic E-state index is -0.739. The maximum absolute atomic E-state index is 12.5. The lowest BCUT2D eigenvalue weighted by Crippen LogP contribution is -2.44. The maximum atomic E-state index is 12.5. The summed E-state index contributed by atoms with van der Waals surface area (Å²) in [5.74, 6) is 0.0935. The number of amides is 1. The second-order valence-electron chi connectivity index (χ2n) is 6.41. The number of fused-ring (bicyclic) bond motifs is 1. The molecule has 0 saturated heterocycles. The highest BCUT2D eigenvalue weighted by Crippen LogP contribution is 2.42. The lowest BCUT2D eigenvalue weighted by atomic mass is 9.66. The third kappa shape index (κ3) is 2.21. The molecule has 0 saturated carbocycles. The first-order chi connectivity index (χ1) is 10.6. The van der Waals surface area contributed by atoms with Crippen LogP contribution in [0.15, 0.2) is 42.6 Å². The molecular weight excluding hydrogens is 272 g/mol. The predicted octanol–water partition coefficient (Wildman–Crippen LogP) is 3.31. The molecule has 2 N–H and O–H groups in total. The zero-order valence-electron chi connectivity index (χ0n) is 13.2. The Hall–Kier alpha value is -2.16. The van der Waals surface area contributed by atoms with Gasteiger partial charge in [0.15, 0.2) is 0 Å². The fraction of sp³-hybridized carbons (Fsp3) is 0.368. The van der Waals surface area contributed by atoms with Gasteiger partial charge in [0.2, 0.25) is 5.91 Å². The van der Waals surface area contributed by atoms with Crippen LogP contribution in [0.5, 0.6) is 0 Å². The van der Waals surface area contributed by atoms with Gasteiger partial charge in [-0.3, -0.25) is 9.78 Å². The van der Waals surface area contributed by atoms with Crippen molar-refractivity contribution in [3.63, 3.8) is 0 Å². The van der Waals surface area contributed by atoms with E-state index < -0.39 is 5.41 Å². The zero-order valence-corrected chi connectivity index (χ0v) is 13.2. The Balaban J connectivity index is 2.17. The van der Waals surface area contributed by atoms with Crippen LogP contribution in [0, 0.1) is 0 Å². The first kappa shape index (κ1) is 14.8. The average Bonchev–Trinajstić information content (AvgIpc) is 2.54. The number of pyridine rings is 1. The van der Waals surface area contributed by atoms with Crippen molar-refractivity contribution in [1.29, 1.82) is 0 Å². The molecular formula is C19H22N2O. The number of hydrogen-bond donors (Lipinski definition) is 1. The maximum Gasteiger partial charge on any atom is 0.232 e. The van der Waals surface area contributed by atoms with E-state index in [9.17, 15) is 4.79 Å². The van der Waals surface area contributed by atoms with Crippen LogP contribution in [0.3, 0.4) is 0 Å². The molecule has 114 valence electrons. The van der Waals surface area contributed by atoms with Gasteiger partial charge in [-0.15, -0.1) is 0 Å². The van der Waals surface area contributed by atoms with Gasteiger partial charge in [-0.05, 0) is 47.9 Å². The summed E-state index contributed by atoms with van der Waals surface area (Å²) in [5.41, 5.74) is 9.36. The first-order valence-corrected chi connectivity index (χ1v) is 7.90. The second-order valence-corrected chi connectivity index (χ2v) is 6.41. The number of carbonyl (C=O) groups excluding carboxylic acids is 1. The standard InChI is InChI=1S/C19H22N2O/c1-13(2)17-10-9-15(12-21-17)19(18(20)22)11-5-7-14-6-3-4-8-16(14)19/h3-4,6,8-10,12-13H,5,7,11H2,1-2H3,(H2,20,22). The second kappa shape index (κ2) is 5.56. The van der Waals surface area contributed by atoms with Crippen LogP contribution < -0.4 is 5.73 Å². The van der Waals surface area contributed by atoms with Crippen molar-refractivity contribution in [3.8, 4) is 0 Å². The number of rotatable bonds is 3. The summed E-state index contributed by atoms with van der Waals surface area (Å²) in [6.45, 7) is 4.23. The van der Waals surface area contributed by atoms with Crippen molar-refractivity contribution >= 4 is 5.91 Å². The molecule has 0 bridgehead atoms. The molecule has 3 heteroatoms. The summed E-state index contributed by atoms with van der Waals surface area (Å²) in [6.07, 6.45) is 4.55. The van der Waals surface area contributed by atoms with E-state index in [0.29, 0.717) is 5.92 Å². The van der Waals surface area contributed by atoms with E-state index in [1.54, 1.807) is 0 Å². The molecule has 0 radical (unpaired) electrons. The Morgan fingerprint density at radius 1 is 1.23 bits per heavy atom. The Morgan fingerprint density at radius 2 is 2.00 bits per heavy atom. The van der Waals surface area contributed by atoms with Gasteiger partial charge in [0.1, 0.15) is 5.41 Å². The predicted molar refractivity (Wildman–Crippen MR) is 87.7 cm³/mol. The third-order valence-corrected chi connectivity index (χ3v) is 4.77. The Bertz CT molecular complexity index is 691. The summed E-state index contributed by atoms with van der Waals surface area (Å²) in [6, 6.07) is 12.2. The van der Waals surface area contributed by atoms with Crippen LogP contribution in [0.25, 0.3) is 0 Å². The van der Waals surface area contributed by atoms with Gasteiger partial charge in [-0.1, -0.05) is 44.2 Å². The SMILES string of the molecule is CC(C)c1ccc(C2(C(N)=O)CCCc3ccccc32)cn1. The number of nitrogens with zero attached hydrogens (tertiary/aromatic N) is 1. The van der Waals surface area contributed by atoms with Crippen LogP contribution >= 0.6 is 0 Å². The highest BCUT2D eigenvalue weighted by Gasteiger charge is 2.43. The van der Waals surface area contributed by atoms with Gasteiger partial charge in [0, 0.05) is 11.9 Å². The van der Waals surface area contributed by atoms with Crippen molar-refractivity contribution in [2.75, 3.05) is 0 Å². The first-order valence-electron chi connectivity index (χ1n) is 7.90. The Labute approximate surface area is 131 Å². The van der Waals surface area contributed by atoms with E-state index in [-0.39, 0.29) is 5.91 Å². The molecule has 1 aliphatic carbocycles. The molecule has 1 heterocycles. The van der Waals surface area contributed by atoms with Gasteiger partial charge < -0.3 is 5.73 Å². The Kier molecular flexibility index (Phi) is 3.73. The summed E-state index contributed by atoms with van der Waals surface area (Å²) in [7, 11) is 0. The quantitative estimate of drug-likeness (QED) is 0.944. The molecule has 0 spiro atoms.